The number of methoxy groups -OCH3 is 1. The van der Waals surface area contributed by atoms with Crippen molar-refractivity contribution in [2.45, 2.75) is 19.3 Å². The molecule has 2 rings (SSSR count). The molecule has 0 aromatic heterocycles. The number of aryl methyl sites for hydroxylation is 1. The minimum Gasteiger partial charge on any atom is -0.469 e. The maximum Gasteiger partial charge on any atom is 0.308 e. The van der Waals surface area contributed by atoms with Crippen LogP contribution in [0.1, 0.15) is 24.0 Å². The number of rotatable bonds is 7. The standard InChI is InChI=1S/C20H22O2/c1-22-20(21)19(16-15-18-11-6-3-7-12-18)14-8-13-17-9-4-2-5-10-17/h2-13,19H,14-16H2,1H3. The molecule has 2 heteroatoms. The Hall–Kier alpha value is -2.35. The van der Waals surface area contributed by atoms with E-state index >= 15 is 0 Å². The highest BCUT2D eigenvalue weighted by Gasteiger charge is 2.17. The van der Waals surface area contributed by atoms with Crippen LogP contribution in [0.4, 0.5) is 0 Å². The molecule has 0 aliphatic heterocycles. The Bertz CT molecular complexity index is 588. The Morgan fingerprint density at radius 1 is 1.05 bits per heavy atom. The van der Waals surface area contributed by atoms with Crippen LogP contribution in [0.15, 0.2) is 66.7 Å². The lowest BCUT2D eigenvalue weighted by Gasteiger charge is -2.12. The summed E-state index contributed by atoms with van der Waals surface area (Å²) in [7, 11) is 1.46. The maximum absolute atomic E-state index is 11.9. The van der Waals surface area contributed by atoms with Gasteiger partial charge in [0.1, 0.15) is 0 Å². The fourth-order valence-corrected chi connectivity index (χ4v) is 2.42. The van der Waals surface area contributed by atoms with Gasteiger partial charge in [-0.25, -0.2) is 0 Å². The van der Waals surface area contributed by atoms with Gasteiger partial charge in [-0.1, -0.05) is 72.8 Å². The Labute approximate surface area is 132 Å². The molecule has 2 aromatic rings. The van der Waals surface area contributed by atoms with Crippen LogP contribution < -0.4 is 0 Å². The van der Waals surface area contributed by atoms with E-state index in [4.69, 9.17) is 4.74 Å². The first-order valence-corrected chi connectivity index (χ1v) is 7.63. The van der Waals surface area contributed by atoms with Crippen LogP contribution in [0, 0.1) is 5.92 Å². The van der Waals surface area contributed by atoms with Crippen LogP contribution in [-0.2, 0) is 16.0 Å². The summed E-state index contributed by atoms with van der Waals surface area (Å²) in [5, 5.41) is 0. The number of carbonyl (C=O) groups excluding carboxylic acids is 1. The quantitative estimate of drug-likeness (QED) is 0.702. The number of hydrogen-bond donors (Lipinski definition) is 0. The zero-order valence-corrected chi connectivity index (χ0v) is 12.9. The topological polar surface area (TPSA) is 26.3 Å². The van der Waals surface area contributed by atoms with Crippen LogP contribution in [0.5, 0.6) is 0 Å². The third-order valence-electron chi connectivity index (χ3n) is 3.69. The molecule has 0 saturated heterocycles. The average molecular weight is 294 g/mol. The lowest BCUT2D eigenvalue weighted by molar-refractivity contribution is -0.145. The smallest absolute Gasteiger partial charge is 0.308 e. The monoisotopic (exact) mass is 294 g/mol. The highest BCUT2D eigenvalue weighted by atomic mass is 16.5. The summed E-state index contributed by atoms with van der Waals surface area (Å²) in [6, 6.07) is 20.3. The van der Waals surface area contributed by atoms with Gasteiger partial charge in [0.25, 0.3) is 0 Å². The van der Waals surface area contributed by atoms with E-state index in [1.807, 2.05) is 48.5 Å². The van der Waals surface area contributed by atoms with Crippen molar-refractivity contribution < 1.29 is 9.53 Å². The molecule has 0 aliphatic rings. The molecule has 2 aromatic carbocycles. The van der Waals surface area contributed by atoms with Gasteiger partial charge in [0.2, 0.25) is 0 Å². The minimum absolute atomic E-state index is 0.0924. The van der Waals surface area contributed by atoms with E-state index in [1.165, 1.54) is 12.7 Å². The molecule has 0 heterocycles. The van der Waals surface area contributed by atoms with Gasteiger partial charge in [0.15, 0.2) is 0 Å². The van der Waals surface area contributed by atoms with E-state index in [2.05, 4.69) is 24.3 Å². The molecule has 0 aliphatic carbocycles. The second kappa shape index (κ2) is 8.83. The number of ether oxygens (including phenoxy) is 1. The Morgan fingerprint density at radius 3 is 2.32 bits per heavy atom. The molecule has 2 nitrogen and oxygen atoms in total. The highest BCUT2D eigenvalue weighted by Crippen LogP contribution is 2.16. The van der Waals surface area contributed by atoms with Crippen molar-refractivity contribution in [3.8, 4) is 0 Å². The number of hydrogen-bond acceptors (Lipinski definition) is 2. The summed E-state index contributed by atoms with van der Waals surface area (Å²) in [5.41, 5.74) is 2.40. The Balaban J connectivity index is 1.92. The van der Waals surface area contributed by atoms with Crippen LogP contribution in [0.2, 0.25) is 0 Å². The number of carbonyl (C=O) groups is 1. The van der Waals surface area contributed by atoms with E-state index in [0.29, 0.717) is 6.42 Å². The molecular formula is C20H22O2. The van der Waals surface area contributed by atoms with Gasteiger partial charge in [-0.15, -0.1) is 0 Å². The molecule has 0 radical (unpaired) electrons. The van der Waals surface area contributed by atoms with Crippen molar-refractivity contribution >= 4 is 12.0 Å². The fourth-order valence-electron chi connectivity index (χ4n) is 2.42. The third-order valence-corrected chi connectivity index (χ3v) is 3.69. The van der Waals surface area contributed by atoms with Crippen molar-refractivity contribution in [2.75, 3.05) is 7.11 Å². The average Bonchev–Trinajstić information content (AvgIpc) is 2.59. The van der Waals surface area contributed by atoms with Gasteiger partial charge in [0, 0.05) is 0 Å². The van der Waals surface area contributed by atoms with Gasteiger partial charge in [-0.2, -0.15) is 0 Å². The maximum atomic E-state index is 11.9. The SMILES string of the molecule is COC(=O)C(CC=Cc1ccccc1)CCc1ccccc1. The van der Waals surface area contributed by atoms with Crippen LogP contribution >= 0.6 is 0 Å². The number of esters is 1. The first kappa shape index (κ1) is 16.0. The molecule has 22 heavy (non-hydrogen) atoms. The van der Waals surface area contributed by atoms with Crippen LogP contribution in [0.25, 0.3) is 6.08 Å². The molecule has 114 valence electrons. The summed E-state index contributed by atoms with van der Waals surface area (Å²) in [5.74, 6) is -0.223. The molecule has 0 fully saturated rings. The van der Waals surface area contributed by atoms with Gasteiger partial charge in [-0.05, 0) is 30.4 Å². The van der Waals surface area contributed by atoms with Crippen LogP contribution in [0.3, 0.4) is 0 Å². The summed E-state index contributed by atoms with van der Waals surface area (Å²) < 4.78 is 4.93. The zero-order valence-electron chi connectivity index (χ0n) is 12.9. The molecule has 0 bridgehead atoms. The first-order valence-electron chi connectivity index (χ1n) is 7.63. The first-order chi connectivity index (χ1) is 10.8. The molecule has 0 saturated carbocycles. The van der Waals surface area contributed by atoms with Crippen molar-refractivity contribution in [1.82, 2.24) is 0 Å². The molecule has 0 amide bonds. The molecular weight excluding hydrogens is 272 g/mol. The second-order valence-corrected chi connectivity index (χ2v) is 5.29. The largest absolute Gasteiger partial charge is 0.469 e. The van der Waals surface area contributed by atoms with E-state index < -0.39 is 0 Å². The Morgan fingerprint density at radius 2 is 1.68 bits per heavy atom. The predicted octanol–water partition coefficient (Wildman–Crippen LogP) is 4.51. The van der Waals surface area contributed by atoms with Crippen molar-refractivity contribution in [3.05, 3.63) is 77.9 Å². The highest BCUT2D eigenvalue weighted by molar-refractivity contribution is 5.72. The normalized spacial score (nSPS) is 12.2. The summed E-state index contributed by atoms with van der Waals surface area (Å²) in [6.07, 6.45) is 6.50. The van der Waals surface area contributed by atoms with Crippen molar-refractivity contribution in [3.63, 3.8) is 0 Å². The van der Waals surface area contributed by atoms with Gasteiger partial charge in [-0.3, -0.25) is 4.79 Å². The molecule has 0 N–H and O–H groups in total. The summed E-state index contributed by atoms with van der Waals surface area (Å²) in [6.45, 7) is 0. The van der Waals surface area contributed by atoms with Crippen molar-refractivity contribution in [1.29, 1.82) is 0 Å². The number of allylic oxidation sites excluding steroid dienone is 1. The zero-order chi connectivity index (χ0) is 15.6. The van der Waals surface area contributed by atoms with Gasteiger partial charge < -0.3 is 4.74 Å². The summed E-state index contributed by atoms with van der Waals surface area (Å²) in [4.78, 5) is 11.9. The second-order valence-electron chi connectivity index (χ2n) is 5.29. The lowest BCUT2D eigenvalue weighted by atomic mass is 9.96. The van der Waals surface area contributed by atoms with Gasteiger partial charge >= 0.3 is 5.97 Å². The van der Waals surface area contributed by atoms with Crippen LogP contribution in [-0.4, -0.2) is 13.1 Å². The molecule has 1 unspecified atom stereocenters. The van der Waals surface area contributed by atoms with E-state index in [9.17, 15) is 4.79 Å². The van der Waals surface area contributed by atoms with Crippen molar-refractivity contribution in [2.24, 2.45) is 5.92 Å². The minimum atomic E-state index is -0.131. The predicted molar refractivity (Wildman–Crippen MR) is 90.4 cm³/mol. The van der Waals surface area contributed by atoms with Gasteiger partial charge in [0.05, 0.1) is 13.0 Å². The molecule has 0 spiro atoms. The van der Waals surface area contributed by atoms with E-state index in [1.54, 1.807) is 0 Å². The summed E-state index contributed by atoms with van der Waals surface area (Å²) >= 11 is 0. The van der Waals surface area contributed by atoms with E-state index in [0.717, 1.165) is 18.4 Å². The Kier molecular flexibility index (Phi) is 6.43. The lowest BCUT2D eigenvalue weighted by Crippen LogP contribution is -2.16. The number of benzene rings is 2. The third kappa shape index (κ3) is 5.21. The molecule has 1 atom stereocenters. The fraction of sp³-hybridized carbons (Fsp3) is 0.250. The van der Waals surface area contributed by atoms with E-state index in [-0.39, 0.29) is 11.9 Å².